The van der Waals surface area contributed by atoms with Crippen LogP contribution in [0.5, 0.6) is 17.2 Å². The van der Waals surface area contributed by atoms with Gasteiger partial charge in [0.2, 0.25) is 11.7 Å². The van der Waals surface area contributed by atoms with Crippen LogP contribution in [0.25, 0.3) is 11.1 Å². The topological polar surface area (TPSA) is 113 Å². The highest BCUT2D eigenvalue weighted by atomic mass is 19.1. The number of benzene rings is 2. The van der Waals surface area contributed by atoms with E-state index in [1.54, 1.807) is 24.3 Å². The number of anilines is 2. The van der Waals surface area contributed by atoms with E-state index >= 15 is 0 Å². The van der Waals surface area contributed by atoms with Crippen LogP contribution < -0.4 is 24.8 Å². The lowest BCUT2D eigenvalue weighted by atomic mass is 10.1. The van der Waals surface area contributed by atoms with Crippen molar-refractivity contribution in [2.45, 2.75) is 19.1 Å². The molecule has 1 aromatic heterocycles. The third-order valence-corrected chi connectivity index (χ3v) is 5.56. The normalized spacial score (nSPS) is 14.3. The van der Waals surface area contributed by atoms with E-state index in [1.807, 2.05) is 0 Å². The van der Waals surface area contributed by atoms with Crippen LogP contribution in [0.3, 0.4) is 0 Å². The van der Waals surface area contributed by atoms with Gasteiger partial charge in [0.25, 0.3) is 5.91 Å². The van der Waals surface area contributed by atoms with Crippen molar-refractivity contribution in [3.05, 3.63) is 47.9 Å². The zero-order valence-electron chi connectivity index (χ0n) is 19.7. The summed E-state index contributed by atoms with van der Waals surface area (Å²) in [5.74, 6) is 0.407. The summed E-state index contributed by atoms with van der Waals surface area (Å²) in [7, 11) is 5.96. The van der Waals surface area contributed by atoms with Gasteiger partial charge in [-0.25, -0.2) is 9.07 Å². The van der Waals surface area contributed by atoms with Gasteiger partial charge in [0.15, 0.2) is 11.5 Å². The number of fused-ring (bicyclic) bond motifs is 1. The molecule has 1 atom stereocenters. The molecule has 2 N–H and O–H groups in total. The largest absolute Gasteiger partial charge is 0.493 e. The molecular formula is C24H25FN4O6. The lowest BCUT2D eigenvalue weighted by Crippen LogP contribution is -2.24. The SMILES string of the molecule is COCc1nn2c(c1-c1ccc(F)cc1)NC(=O)C2CC(=O)Nc1cc(OC)c(OC)c(OC)c1. The molecule has 0 spiro atoms. The monoisotopic (exact) mass is 484 g/mol. The van der Waals surface area contributed by atoms with E-state index in [0.29, 0.717) is 45.6 Å². The quantitative estimate of drug-likeness (QED) is 0.479. The molecule has 2 amide bonds. The van der Waals surface area contributed by atoms with Crippen LogP contribution in [0.2, 0.25) is 0 Å². The zero-order chi connectivity index (χ0) is 25.1. The second-order valence-electron chi connectivity index (χ2n) is 7.73. The van der Waals surface area contributed by atoms with Crippen LogP contribution in [-0.4, -0.2) is 50.0 Å². The van der Waals surface area contributed by atoms with Gasteiger partial charge in [-0.05, 0) is 17.7 Å². The highest BCUT2D eigenvalue weighted by Crippen LogP contribution is 2.41. The maximum Gasteiger partial charge on any atom is 0.251 e. The van der Waals surface area contributed by atoms with Gasteiger partial charge in [-0.15, -0.1) is 0 Å². The Kier molecular flexibility index (Phi) is 6.87. The molecule has 0 bridgehead atoms. The number of aromatic nitrogens is 2. The molecule has 0 fully saturated rings. The molecule has 2 aromatic carbocycles. The number of methoxy groups -OCH3 is 4. The van der Waals surface area contributed by atoms with E-state index in [0.717, 1.165) is 0 Å². The van der Waals surface area contributed by atoms with Crippen molar-refractivity contribution in [2.24, 2.45) is 0 Å². The van der Waals surface area contributed by atoms with Gasteiger partial charge in [0.05, 0.1) is 40.1 Å². The Bertz CT molecular complexity index is 1230. The third-order valence-electron chi connectivity index (χ3n) is 5.56. The van der Waals surface area contributed by atoms with Crippen LogP contribution in [0.15, 0.2) is 36.4 Å². The first-order valence-corrected chi connectivity index (χ1v) is 10.7. The summed E-state index contributed by atoms with van der Waals surface area (Å²) >= 11 is 0. The maximum atomic E-state index is 13.5. The van der Waals surface area contributed by atoms with E-state index in [2.05, 4.69) is 15.7 Å². The van der Waals surface area contributed by atoms with Gasteiger partial charge in [-0.2, -0.15) is 5.10 Å². The van der Waals surface area contributed by atoms with Crippen LogP contribution in [0.4, 0.5) is 15.9 Å². The Morgan fingerprint density at radius 2 is 1.74 bits per heavy atom. The van der Waals surface area contributed by atoms with Gasteiger partial charge in [-0.3, -0.25) is 9.59 Å². The number of carbonyl (C=O) groups excluding carboxylic acids is 2. The summed E-state index contributed by atoms with van der Waals surface area (Å²) in [5, 5.41) is 10.1. The van der Waals surface area contributed by atoms with Crippen molar-refractivity contribution >= 4 is 23.3 Å². The summed E-state index contributed by atoms with van der Waals surface area (Å²) in [5.41, 5.74) is 2.26. The molecule has 2 heterocycles. The Hall–Kier alpha value is -4.12. The second-order valence-corrected chi connectivity index (χ2v) is 7.73. The number of halogens is 1. The average molecular weight is 484 g/mol. The van der Waals surface area contributed by atoms with Gasteiger partial charge in [0.1, 0.15) is 17.7 Å². The number of carbonyl (C=O) groups is 2. The number of hydrogen-bond acceptors (Lipinski definition) is 7. The molecule has 4 rings (SSSR count). The number of hydrogen-bond donors (Lipinski definition) is 2. The number of ether oxygens (including phenoxy) is 4. The number of rotatable bonds is 9. The smallest absolute Gasteiger partial charge is 0.251 e. The first kappa shape index (κ1) is 24.0. The van der Waals surface area contributed by atoms with Gasteiger partial charge in [0, 0.05) is 30.5 Å². The molecule has 0 saturated carbocycles. The number of nitrogens with one attached hydrogen (secondary N) is 2. The number of nitrogens with zero attached hydrogens (tertiary/aromatic N) is 2. The predicted molar refractivity (Wildman–Crippen MR) is 125 cm³/mol. The van der Waals surface area contributed by atoms with Gasteiger partial charge >= 0.3 is 0 Å². The molecule has 3 aromatic rings. The van der Waals surface area contributed by atoms with Crippen LogP contribution in [0.1, 0.15) is 18.2 Å². The zero-order valence-corrected chi connectivity index (χ0v) is 19.7. The summed E-state index contributed by atoms with van der Waals surface area (Å²) < 4.78 is 36.1. The summed E-state index contributed by atoms with van der Waals surface area (Å²) in [6, 6.07) is 8.17. The average Bonchev–Trinajstić information content (AvgIpc) is 3.33. The molecule has 1 unspecified atom stereocenters. The molecular weight excluding hydrogens is 459 g/mol. The van der Waals surface area contributed by atoms with Crippen LogP contribution in [0, 0.1) is 5.82 Å². The fourth-order valence-electron chi connectivity index (χ4n) is 4.02. The van der Waals surface area contributed by atoms with Crippen molar-refractivity contribution in [2.75, 3.05) is 39.1 Å². The Morgan fingerprint density at radius 3 is 2.31 bits per heavy atom. The molecule has 11 heteroatoms. The highest BCUT2D eigenvalue weighted by Gasteiger charge is 2.37. The minimum absolute atomic E-state index is 0.174. The fourth-order valence-corrected chi connectivity index (χ4v) is 4.02. The van der Waals surface area contributed by atoms with Crippen LogP contribution >= 0.6 is 0 Å². The Balaban J connectivity index is 1.60. The standard InChI is InChI=1S/C24H25FN4O6/c1-32-12-16-21(13-5-7-14(25)8-6-13)23-27-24(31)17(29(23)28-16)11-20(30)26-15-9-18(33-2)22(35-4)19(10-15)34-3/h5-10,17H,11-12H2,1-4H3,(H,26,30)(H,27,31). The Morgan fingerprint density at radius 1 is 1.09 bits per heavy atom. The molecule has 0 saturated heterocycles. The highest BCUT2D eigenvalue weighted by molar-refractivity contribution is 6.04. The van der Waals surface area contributed by atoms with Gasteiger partial charge < -0.3 is 29.6 Å². The lowest BCUT2D eigenvalue weighted by molar-refractivity contribution is -0.123. The van der Waals surface area contributed by atoms with E-state index in [4.69, 9.17) is 18.9 Å². The molecule has 0 radical (unpaired) electrons. The molecule has 1 aliphatic rings. The first-order valence-electron chi connectivity index (χ1n) is 10.7. The van der Waals surface area contributed by atoms with E-state index in [9.17, 15) is 14.0 Å². The van der Waals surface area contributed by atoms with E-state index in [-0.39, 0.29) is 24.8 Å². The predicted octanol–water partition coefficient (Wildman–Crippen LogP) is 3.38. The minimum Gasteiger partial charge on any atom is -0.493 e. The van der Waals surface area contributed by atoms with Gasteiger partial charge in [-0.1, -0.05) is 12.1 Å². The van der Waals surface area contributed by atoms with Crippen molar-refractivity contribution in [1.82, 2.24) is 9.78 Å². The summed E-state index contributed by atoms with van der Waals surface area (Å²) in [6.07, 6.45) is -0.174. The van der Waals surface area contributed by atoms with Crippen molar-refractivity contribution in [3.8, 4) is 28.4 Å². The Labute approximate surface area is 200 Å². The molecule has 0 aliphatic carbocycles. The molecule has 10 nitrogen and oxygen atoms in total. The van der Waals surface area contributed by atoms with E-state index < -0.39 is 11.9 Å². The molecule has 184 valence electrons. The van der Waals surface area contributed by atoms with E-state index in [1.165, 1.54) is 45.3 Å². The fraction of sp³-hybridized carbons (Fsp3) is 0.292. The lowest BCUT2D eigenvalue weighted by Gasteiger charge is -2.15. The minimum atomic E-state index is -0.878. The molecule has 35 heavy (non-hydrogen) atoms. The van der Waals surface area contributed by atoms with Crippen LogP contribution in [-0.2, 0) is 20.9 Å². The molecule has 1 aliphatic heterocycles. The third kappa shape index (κ3) is 4.62. The summed E-state index contributed by atoms with van der Waals surface area (Å²) in [6.45, 7) is 0.174. The maximum absolute atomic E-state index is 13.5. The second kappa shape index (κ2) is 10.0. The van der Waals surface area contributed by atoms with Crippen molar-refractivity contribution in [3.63, 3.8) is 0 Å². The van der Waals surface area contributed by atoms with Crippen molar-refractivity contribution < 1.29 is 32.9 Å². The summed E-state index contributed by atoms with van der Waals surface area (Å²) in [4.78, 5) is 25.7. The van der Waals surface area contributed by atoms with Crippen molar-refractivity contribution in [1.29, 1.82) is 0 Å². The number of amides is 2. The first-order chi connectivity index (χ1) is 16.9.